The van der Waals surface area contributed by atoms with Crippen LogP contribution in [-0.2, 0) is 9.53 Å². The minimum absolute atomic E-state index is 0.0389. The molecule has 0 aromatic carbocycles. The number of aryl methyl sites for hydroxylation is 1. The van der Waals surface area contributed by atoms with Gasteiger partial charge in [0.25, 0.3) is 0 Å². The van der Waals surface area contributed by atoms with E-state index >= 15 is 0 Å². The first kappa shape index (κ1) is 15.8. The summed E-state index contributed by atoms with van der Waals surface area (Å²) in [5.41, 5.74) is -0.557. The van der Waals surface area contributed by atoms with Gasteiger partial charge in [-0.05, 0) is 32.9 Å². The maximum atomic E-state index is 12.1. The molecule has 7 heteroatoms. The van der Waals surface area contributed by atoms with Gasteiger partial charge in [-0.3, -0.25) is 0 Å². The lowest BCUT2D eigenvalue weighted by Gasteiger charge is -2.47. The minimum Gasteiger partial charge on any atom is -0.480 e. The Morgan fingerprint density at radius 1 is 1.52 bits per heavy atom. The highest BCUT2D eigenvalue weighted by atomic mass is 32.1. The van der Waals surface area contributed by atoms with Crippen molar-refractivity contribution in [1.29, 1.82) is 0 Å². The standard InChI is InChI=1S/C14H20N2O4S/c1-9-4-5-11(21-9)10(2)15-13(19)16-7-14(3,8-16)20-6-12(17)18/h4-5,10H,6-8H2,1-3H3,(H,15,19)(H,17,18). The van der Waals surface area contributed by atoms with Crippen molar-refractivity contribution >= 4 is 23.3 Å². The highest BCUT2D eigenvalue weighted by molar-refractivity contribution is 7.12. The Balaban J connectivity index is 1.79. The van der Waals surface area contributed by atoms with Crippen molar-refractivity contribution in [3.05, 3.63) is 21.9 Å². The maximum absolute atomic E-state index is 12.1. The van der Waals surface area contributed by atoms with Gasteiger partial charge < -0.3 is 20.1 Å². The third-order valence-electron chi connectivity index (χ3n) is 3.41. The number of amides is 2. The monoisotopic (exact) mass is 312 g/mol. The third-order valence-corrected chi connectivity index (χ3v) is 4.59. The molecule has 2 N–H and O–H groups in total. The molecule has 1 fully saturated rings. The molecule has 2 amide bonds. The number of nitrogens with zero attached hydrogens (tertiary/aromatic N) is 1. The molecule has 0 aliphatic carbocycles. The molecule has 1 atom stereocenters. The quantitative estimate of drug-likeness (QED) is 0.871. The summed E-state index contributed by atoms with van der Waals surface area (Å²) in [6.45, 7) is 6.26. The van der Waals surface area contributed by atoms with Crippen LogP contribution in [0.2, 0.25) is 0 Å². The second-order valence-electron chi connectivity index (χ2n) is 5.61. The zero-order valence-corrected chi connectivity index (χ0v) is 13.2. The van der Waals surface area contributed by atoms with Gasteiger partial charge in [0.15, 0.2) is 0 Å². The normalized spacial score (nSPS) is 18.0. The highest BCUT2D eigenvalue weighted by Crippen LogP contribution is 2.26. The Bertz CT molecular complexity index is 537. The summed E-state index contributed by atoms with van der Waals surface area (Å²) in [7, 11) is 0. The van der Waals surface area contributed by atoms with E-state index in [1.165, 1.54) is 4.88 Å². The molecule has 116 valence electrons. The van der Waals surface area contributed by atoms with E-state index in [0.29, 0.717) is 13.1 Å². The van der Waals surface area contributed by atoms with Crippen molar-refractivity contribution < 1.29 is 19.4 Å². The molecule has 1 saturated heterocycles. The molecule has 0 bridgehead atoms. The SMILES string of the molecule is Cc1ccc(C(C)NC(=O)N2CC(C)(OCC(=O)O)C2)s1. The first-order chi connectivity index (χ1) is 9.79. The van der Waals surface area contributed by atoms with Crippen LogP contribution in [-0.4, -0.2) is 47.3 Å². The van der Waals surface area contributed by atoms with Crippen molar-refractivity contribution in [2.24, 2.45) is 0 Å². The van der Waals surface area contributed by atoms with Crippen molar-refractivity contribution in [3.63, 3.8) is 0 Å². The number of hydrogen-bond acceptors (Lipinski definition) is 4. The van der Waals surface area contributed by atoms with Gasteiger partial charge in [0.05, 0.1) is 19.1 Å². The molecule has 1 unspecified atom stereocenters. The number of ether oxygens (including phenoxy) is 1. The lowest BCUT2D eigenvalue weighted by atomic mass is 9.97. The molecular weight excluding hydrogens is 292 g/mol. The largest absolute Gasteiger partial charge is 0.480 e. The van der Waals surface area contributed by atoms with E-state index in [9.17, 15) is 9.59 Å². The summed E-state index contributed by atoms with van der Waals surface area (Å²) in [5, 5.41) is 11.5. The van der Waals surface area contributed by atoms with Gasteiger partial charge in [0, 0.05) is 9.75 Å². The maximum Gasteiger partial charge on any atom is 0.329 e. The van der Waals surface area contributed by atoms with Crippen molar-refractivity contribution in [1.82, 2.24) is 10.2 Å². The molecule has 0 saturated carbocycles. The van der Waals surface area contributed by atoms with E-state index in [-0.39, 0.29) is 18.7 Å². The molecule has 1 aromatic rings. The molecule has 2 rings (SSSR count). The number of rotatable bonds is 5. The Hall–Kier alpha value is -1.60. The van der Waals surface area contributed by atoms with E-state index in [4.69, 9.17) is 9.84 Å². The molecule has 1 aliphatic rings. The molecular formula is C14H20N2O4S. The van der Waals surface area contributed by atoms with Gasteiger partial charge >= 0.3 is 12.0 Å². The zero-order chi connectivity index (χ0) is 15.6. The molecule has 1 aromatic heterocycles. The Morgan fingerprint density at radius 2 is 2.19 bits per heavy atom. The predicted octanol–water partition coefficient (Wildman–Crippen LogP) is 2.00. The number of carbonyl (C=O) groups excluding carboxylic acids is 1. The summed E-state index contributed by atoms with van der Waals surface area (Å²) < 4.78 is 5.28. The lowest BCUT2D eigenvalue weighted by molar-refractivity contribution is -0.159. The smallest absolute Gasteiger partial charge is 0.329 e. The molecule has 21 heavy (non-hydrogen) atoms. The average molecular weight is 312 g/mol. The third kappa shape index (κ3) is 3.95. The van der Waals surface area contributed by atoms with Crippen LogP contribution in [0.5, 0.6) is 0 Å². The summed E-state index contributed by atoms with van der Waals surface area (Å²) in [6.07, 6.45) is 0. The van der Waals surface area contributed by atoms with Crippen molar-refractivity contribution in [3.8, 4) is 0 Å². The van der Waals surface area contributed by atoms with Crippen molar-refractivity contribution in [2.45, 2.75) is 32.4 Å². The van der Waals surface area contributed by atoms with E-state index in [1.54, 1.807) is 16.2 Å². The molecule has 1 aliphatic heterocycles. The first-order valence-electron chi connectivity index (χ1n) is 6.77. The van der Waals surface area contributed by atoms with E-state index < -0.39 is 11.6 Å². The van der Waals surface area contributed by atoms with E-state index in [2.05, 4.69) is 5.32 Å². The number of hydrogen-bond donors (Lipinski definition) is 2. The van der Waals surface area contributed by atoms with Gasteiger partial charge in [-0.15, -0.1) is 11.3 Å². The van der Waals surface area contributed by atoms with Crippen molar-refractivity contribution in [2.75, 3.05) is 19.7 Å². The van der Waals surface area contributed by atoms with Crippen LogP contribution < -0.4 is 5.32 Å². The second kappa shape index (κ2) is 6.03. The summed E-state index contributed by atoms with van der Waals surface area (Å²) >= 11 is 1.66. The fraction of sp³-hybridized carbons (Fsp3) is 0.571. The number of likely N-dealkylation sites (tertiary alicyclic amines) is 1. The molecule has 0 spiro atoms. The number of nitrogens with one attached hydrogen (secondary N) is 1. The van der Waals surface area contributed by atoms with Crippen LogP contribution >= 0.6 is 11.3 Å². The van der Waals surface area contributed by atoms with Crippen LogP contribution in [0.3, 0.4) is 0 Å². The Labute approximate surface area is 127 Å². The van der Waals surface area contributed by atoms with Crippen LogP contribution in [0.15, 0.2) is 12.1 Å². The fourth-order valence-electron chi connectivity index (χ4n) is 2.27. The average Bonchev–Trinajstić information content (AvgIpc) is 2.79. The first-order valence-corrected chi connectivity index (χ1v) is 7.58. The summed E-state index contributed by atoms with van der Waals surface area (Å²) in [4.78, 5) is 26.5. The lowest BCUT2D eigenvalue weighted by Crippen LogP contribution is -2.65. The van der Waals surface area contributed by atoms with Gasteiger partial charge in [-0.2, -0.15) is 0 Å². The van der Waals surface area contributed by atoms with E-state index in [0.717, 1.165) is 4.88 Å². The number of aliphatic carboxylic acids is 1. The topological polar surface area (TPSA) is 78.9 Å². The second-order valence-corrected chi connectivity index (χ2v) is 6.93. The van der Waals surface area contributed by atoms with Gasteiger partial charge in [0.2, 0.25) is 0 Å². The number of urea groups is 1. The van der Waals surface area contributed by atoms with Crippen LogP contribution in [0.1, 0.15) is 29.6 Å². The van der Waals surface area contributed by atoms with Crippen LogP contribution in [0.4, 0.5) is 4.79 Å². The molecule has 0 radical (unpaired) electrons. The molecule has 2 heterocycles. The van der Waals surface area contributed by atoms with E-state index in [1.807, 2.05) is 32.9 Å². The minimum atomic E-state index is -0.999. The predicted molar refractivity (Wildman–Crippen MR) is 79.6 cm³/mol. The molecule has 6 nitrogen and oxygen atoms in total. The summed E-state index contributed by atoms with van der Waals surface area (Å²) in [6, 6.07) is 3.86. The number of carboxylic acid groups (broad SMARTS) is 1. The van der Waals surface area contributed by atoms with Crippen LogP contribution in [0, 0.1) is 6.92 Å². The Morgan fingerprint density at radius 3 is 2.71 bits per heavy atom. The number of carboxylic acids is 1. The fourth-order valence-corrected chi connectivity index (χ4v) is 3.15. The summed E-state index contributed by atoms with van der Waals surface area (Å²) in [5.74, 6) is -0.999. The Kier molecular flexibility index (Phi) is 4.53. The highest BCUT2D eigenvalue weighted by Gasteiger charge is 2.43. The zero-order valence-electron chi connectivity index (χ0n) is 12.4. The number of thiophene rings is 1. The van der Waals surface area contributed by atoms with Gasteiger partial charge in [-0.25, -0.2) is 9.59 Å². The number of carbonyl (C=O) groups is 2. The van der Waals surface area contributed by atoms with Crippen LogP contribution in [0.25, 0.3) is 0 Å². The van der Waals surface area contributed by atoms with Gasteiger partial charge in [0.1, 0.15) is 12.2 Å². The van der Waals surface area contributed by atoms with Gasteiger partial charge in [-0.1, -0.05) is 0 Å².